The van der Waals surface area contributed by atoms with Crippen molar-refractivity contribution in [2.24, 2.45) is 0 Å². The average molecular weight is 402 g/mol. The highest BCUT2D eigenvalue weighted by Gasteiger charge is 2.33. The predicted octanol–water partition coefficient (Wildman–Crippen LogP) is 5.54. The second kappa shape index (κ2) is 8.24. The van der Waals surface area contributed by atoms with E-state index < -0.39 is 0 Å². The van der Waals surface area contributed by atoms with Crippen LogP contribution in [0.3, 0.4) is 0 Å². The van der Waals surface area contributed by atoms with Crippen molar-refractivity contribution in [2.45, 2.75) is 0 Å². The minimum Gasteiger partial charge on any atom is -0.497 e. The number of carbonyl (C=O) groups excluding carboxylic acids is 1. The van der Waals surface area contributed by atoms with Crippen molar-refractivity contribution < 1.29 is 14.3 Å². The van der Waals surface area contributed by atoms with Gasteiger partial charge in [-0.25, -0.2) is 0 Å². The molecule has 0 atom stereocenters. The topological polar surface area (TPSA) is 62.6 Å². The number of hydrogen-bond donors (Lipinski definition) is 1. The Morgan fingerprint density at radius 1 is 0.897 bits per heavy atom. The molecule has 0 spiro atoms. The molecule has 0 bridgehead atoms. The Hall–Kier alpha value is -3.51. The number of anilines is 1. The standard InChI is InChI=1S/C23H18N2O3S/c1-27-18-12-10-17(11-13-18)25-22(26)21(29-23(25)24)15-16-6-5-9-20(14-16)28-19-7-3-2-4-8-19/h2-15,24H,1H3/b21-15-,24-23?. The number of amides is 1. The number of thioether (sulfide) groups is 1. The van der Waals surface area contributed by atoms with Gasteiger partial charge in [-0.1, -0.05) is 30.3 Å². The third kappa shape index (κ3) is 4.17. The van der Waals surface area contributed by atoms with Gasteiger partial charge in [0.2, 0.25) is 0 Å². The Morgan fingerprint density at radius 2 is 1.62 bits per heavy atom. The van der Waals surface area contributed by atoms with Crippen LogP contribution < -0.4 is 14.4 Å². The summed E-state index contributed by atoms with van der Waals surface area (Å²) in [6, 6.07) is 24.1. The average Bonchev–Trinajstić information content (AvgIpc) is 3.02. The van der Waals surface area contributed by atoms with Crippen molar-refractivity contribution in [1.29, 1.82) is 5.41 Å². The fourth-order valence-electron chi connectivity index (χ4n) is 2.90. The molecule has 0 unspecified atom stereocenters. The first-order chi connectivity index (χ1) is 14.1. The maximum absolute atomic E-state index is 12.9. The van der Waals surface area contributed by atoms with Gasteiger partial charge in [0, 0.05) is 0 Å². The lowest BCUT2D eigenvalue weighted by Crippen LogP contribution is -2.27. The summed E-state index contributed by atoms with van der Waals surface area (Å²) in [5.74, 6) is 1.91. The largest absolute Gasteiger partial charge is 0.497 e. The van der Waals surface area contributed by atoms with Gasteiger partial charge in [-0.15, -0.1) is 0 Å². The molecule has 4 rings (SSSR count). The number of nitrogens with one attached hydrogen (secondary N) is 1. The summed E-state index contributed by atoms with van der Waals surface area (Å²) in [5.41, 5.74) is 1.47. The van der Waals surface area contributed by atoms with Gasteiger partial charge in [-0.3, -0.25) is 15.1 Å². The first-order valence-corrected chi connectivity index (χ1v) is 9.75. The molecule has 0 radical (unpaired) electrons. The van der Waals surface area contributed by atoms with Gasteiger partial charge in [-0.05, 0) is 71.9 Å². The molecule has 1 heterocycles. The highest BCUT2D eigenvalue weighted by atomic mass is 32.2. The van der Waals surface area contributed by atoms with Gasteiger partial charge < -0.3 is 9.47 Å². The highest BCUT2D eigenvalue weighted by Crippen LogP contribution is 2.36. The number of benzene rings is 3. The molecular weight excluding hydrogens is 384 g/mol. The maximum Gasteiger partial charge on any atom is 0.271 e. The molecule has 0 aromatic heterocycles. The molecule has 6 heteroatoms. The summed E-state index contributed by atoms with van der Waals surface area (Å²) in [4.78, 5) is 14.8. The Labute approximate surface area is 173 Å². The molecular formula is C23H18N2O3S. The van der Waals surface area contributed by atoms with Crippen molar-refractivity contribution >= 4 is 34.6 Å². The van der Waals surface area contributed by atoms with Gasteiger partial charge in [0.25, 0.3) is 5.91 Å². The lowest BCUT2D eigenvalue weighted by Gasteiger charge is -2.14. The number of para-hydroxylation sites is 1. The van der Waals surface area contributed by atoms with E-state index in [0.717, 1.165) is 23.1 Å². The minimum absolute atomic E-state index is 0.170. The van der Waals surface area contributed by atoms with E-state index in [1.165, 1.54) is 4.90 Å². The third-order valence-electron chi connectivity index (χ3n) is 4.29. The number of hydrogen-bond acceptors (Lipinski definition) is 5. The van der Waals surface area contributed by atoms with Crippen LogP contribution in [0.5, 0.6) is 17.2 Å². The van der Waals surface area contributed by atoms with Crippen molar-refractivity contribution in [3.63, 3.8) is 0 Å². The van der Waals surface area contributed by atoms with E-state index in [0.29, 0.717) is 22.1 Å². The van der Waals surface area contributed by atoms with Crippen molar-refractivity contribution in [3.05, 3.63) is 89.3 Å². The second-order valence-corrected chi connectivity index (χ2v) is 7.27. The Kier molecular flexibility index (Phi) is 5.35. The van der Waals surface area contributed by atoms with E-state index in [4.69, 9.17) is 14.9 Å². The quantitative estimate of drug-likeness (QED) is 0.569. The zero-order chi connectivity index (χ0) is 20.2. The Balaban J connectivity index is 1.56. The van der Waals surface area contributed by atoms with Crippen LogP contribution in [0.2, 0.25) is 0 Å². The van der Waals surface area contributed by atoms with E-state index in [-0.39, 0.29) is 11.1 Å². The summed E-state index contributed by atoms with van der Waals surface area (Å²) in [7, 11) is 1.59. The summed E-state index contributed by atoms with van der Waals surface area (Å²) < 4.78 is 11.0. The van der Waals surface area contributed by atoms with Gasteiger partial charge in [0.15, 0.2) is 5.17 Å². The number of methoxy groups -OCH3 is 1. The second-order valence-electron chi connectivity index (χ2n) is 6.24. The number of nitrogens with zero attached hydrogens (tertiary/aromatic N) is 1. The normalized spacial score (nSPS) is 15.1. The van der Waals surface area contributed by atoms with Crippen LogP contribution in [-0.4, -0.2) is 18.2 Å². The lowest BCUT2D eigenvalue weighted by atomic mass is 10.2. The molecule has 3 aromatic carbocycles. The molecule has 0 aliphatic carbocycles. The van der Waals surface area contributed by atoms with E-state index in [1.54, 1.807) is 37.5 Å². The molecule has 144 valence electrons. The zero-order valence-electron chi connectivity index (χ0n) is 15.7. The minimum atomic E-state index is -0.223. The zero-order valence-corrected chi connectivity index (χ0v) is 16.5. The van der Waals surface area contributed by atoms with E-state index in [1.807, 2.05) is 54.6 Å². The molecule has 1 N–H and O–H groups in total. The summed E-state index contributed by atoms with van der Waals surface area (Å²) >= 11 is 1.14. The van der Waals surface area contributed by atoms with E-state index in [2.05, 4.69) is 0 Å². The smallest absolute Gasteiger partial charge is 0.271 e. The Bertz CT molecular complexity index is 1080. The van der Waals surface area contributed by atoms with Crippen molar-refractivity contribution in [2.75, 3.05) is 12.0 Å². The molecule has 5 nitrogen and oxygen atoms in total. The van der Waals surface area contributed by atoms with Crippen molar-refractivity contribution in [1.82, 2.24) is 0 Å². The molecule has 1 aliphatic heterocycles. The lowest BCUT2D eigenvalue weighted by molar-refractivity contribution is -0.113. The van der Waals surface area contributed by atoms with Gasteiger partial charge in [0.05, 0.1) is 17.7 Å². The number of amidine groups is 1. The van der Waals surface area contributed by atoms with Gasteiger partial charge in [-0.2, -0.15) is 0 Å². The molecule has 1 fully saturated rings. The SMILES string of the molecule is COc1ccc(N2C(=N)S/C(=C\c3cccc(Oc4ccccc4)c3)C2=O)cc1. The van der Waals surface area contributed by atoms with Crippen LogP contribution in [-0.2, 0) is 4.79 Å². The maximum atomic E-state index is 12.9. The Morgan fingerprint density at radius 3 is 2.34 bits per heavy atom. The van der Waals surface area contributed by atoms with Crippen LogP contribution in [0.4, 0.5) is 5.69 Å². The molecule has 1 amide bonds. The molecule has 29 heavy (non-hydrogen) atoms. The number of ether oxygens (including phenoxy) is 2. The predicted molar refractivity (Wildman–Crippen MR) is 117 cm³/mol. The van der Waals surface area contributed by atoms with Crippen LogP contribution in [0.25, 0.3) is 6.08 Å². The first-order valence-electron chi connectivity index (χ1n) is 8.93. The monoisotopic (exact) mass is 402 g/mol. The number of rotatable bonds is 5. The summed E-state index contributed by atoms with van der Waals surface area (Å²) in [6.45, 7) is 0. The molecule has 0 saturated carbocycles. The van der Waals surface area contributed by atoms with Crippen LogP contribution in [0, 0.1) is 5.41 Å². The van der Waals surface area contributed by atoms with Crippen LogP contribution in [0.1, 0.15) is 5.56 Å². The molecule has 1 saturated heterocycles. The van der Waals surface area contributed by atoms with Gasteiger partial charge in [0.1, 0.15) is 17.2 Å². The highest BCUT2D eigenvalue weighted by molar-refractivity contribution is 8.19. The fourth-order valence-corrected chi connectivity index (χ4v) is 3.76. The molecule has 3 aromatic rings. The van der Waals surface area contributed by atoms with Crippen LogP contribution in [0.15, 0.2) is 83.8 Å². The summed E-state index contributed by atoms with van der Waals surface area (Å²) in [5, 5.41) is 8.40. The molecule has 1 aliphatic rings. The summed E-state index contributed by atoms with van der Waals surface area (Å²) in [6.07, 6.45) is 1.78. The van der Waals surface area contributed by atoms with E-state index in [9.17, 15) is 4.79 Å². The van der Waals surface area contributed by atoms with Crippen LogP contribution >= 0.6 is 11.8 Å². The first kappa shape index (κ1) is 18.8. The van der Waals surface area contributed by atoms with Gasteiger partial charge >= 0.3 is 0 Å². The van der Waals surface area contributed by atoms with Crippen molar-refractivity contribution in [3.8, 4) is 17.2 Å². The fraction of sp³-hybridized carbons (Fsp3) is 0.0435. The third-order valence-corrected chi connectivity index (χ3v) is 5.18. The number of carbonyl (C=O) groups is 1. The van der Waals surface area contributed by atoms with E-state index >= 15 is 0 Å².